The number of hydrogen-bond donors (Lipinski definition) is 1. The van der Waals surface area contributed by atoms with Gasteiger partial charge < -0.3 is 9.84 Å². The van der Waals surface area contributed by atoms with Crippen LogP contribution in [-0.2, 0) is 9.59 Å². The second-order valence-electron chi connectivity index (χ2n) is 10.4. The van der Waals surface area contributed by atoms with E-state index in [9.17, 15) is 9.59 Å². The van der Waals surface area contributed by atoms with E-state index in [0.717, 1.165) is 85.2 Å². The monoisotopic (exact) mass is 605 g/mol. The highest BCUT2D eigenvalue weighted by Gasteiger charge is 2.32. The molecule has 1 aliphatic heterocycles. The number of carbonyl (C=O) groups excluding carboxylic acids is 1. The van der Waals surface area contributed by atoms with Crippen molar-refractivity contribution in [3.05, 3.63) is 70.8 Å². The van der Waals surface area contributed by atoms with Crippen LogP contribution in [-0.4, -0.2) is 49.1 Å². The van der Waals surface area contributed by atoms with E-state index in [4.69, 9.17) is 27.2 Å². The van der Waals surface area contributed by atoms with Crippen molar-refractivity contribution < 1.29 is 19.4 Å². The summed E-state index contributed by atoms with van der Waals surface area (Å²) >= 11 is 6.96. The number of hydrogen-bond acceptors (Lipinski definition) is 6. The lowest BCUT2D eigenvalue weighted by Gasteiger charge is -2.14. The maximum atomic E-state index is 13.4. The van der Waals surface area contributed by atoms with E-state index in [1.807, 2.05) is 79.3 Å². The molecular formula is C33H39N3O4S2. The third-order valence-electron chi connectivity index (χ3n) is 7.21. The number of rotatable bonds is 16. The number of nitrogens with zero attached hydrogens (tertiary/aromatic N) is 3. The van der Waals surface area contributed by atoms with Gasteiger partial charge in [0.25, 0.3) is 5.91 Å². The molecule has 222 valence electrons. The fourth-order valence-electron chi connectivity index (χ4n) is 5.01. The van der Waals surface area contributed by atoms with Gasteiger partial charge in [0.15, 0.2) is 0 Å². The van der Waals surface area contributed by atoms with Crippen LogP contribution < -0.4 is 4.74 Å². The number of carboxylic acid groups (broad SMARTS) is 1. The molecule has 0 radical (unpaired) electrons. The summed E-state index contributed by atoms with van der Waals surface area (Å²) < 4.78 is 8.13. The minimum absolute atomic E-state index is 0.0507. The van der Waals surface area contributed by atoms with Gasteiger partial charge in [-0.05, 0) is 68.7 Å². The average Bonchev–Trinajstić information content (AvgIpc) is 3.50. The number of thioether (sulfide) groups is 1. The summed E-state index contributed by atoms with van der Waals surface area (Å²) in [6.07, 6.45) is 12.2. The molecule has 0 aliphatic carbocycles. The van der Waals surface area contributed by atoms with Gasteiger partial charge in [0.1, 0.15) is 15.8 Å². The number of aliphatic carboxylic acids is 1. The van der Waals surface area contributed by atoms with Gasteiger partial charge in [-0.25, -0.2) is 4.68 Å². The number of ether oxygens (including phenoxy) is 1. The fourth-order valence-corrected chi connectivity index (χ4v) is 6.31. The first-order valence-electron chi connectivity index (χ1n) is 14.7. The number of thiocarbonyl (C=S) groups is 1. The van der Waals surface area contributed by atoms with E-state index in [-0.39, 0.29) is 12.3 Å². The van der Waals surface area contributed by atoms with Crippen molar-refractivity contribution >= 4 is 46.3 Å². The fraction of sp³-hybridized carbons (Fsp3) is 0.394. The summed E-state index contributed by atoms with van der Waals surface area (Å²) in [7, 11) is 0. The SMILES string of the molecule is CCOc1ccc(-c2nn(-c3ccccc3)cc2/C=C2\SC(=S)N(CCCCCCCCCCC(=O)O)C2=O)c(C)c1. The third-order valence-corrected chi connectivity index (χ3v) is 8.59. The lowest BCUT2D eigenvalue weighted by molar-refractivity contribution is -0.137. The largest absolute Gasteiger partial charge is 0.494 e. The summed E-state index contributed by atoms with van der Waals surface area (Å²) in [5, 5.41) is 13.7. The Hall–Kier alpha value is -3.43. The maximum Gasteiger partial charge on any atom is 0.303 e. The van der Waals surface area contributed by atoms with Gasteiger partial charge in [-0.2, -0.15) is 5.10 Å². The molecular weight excluding hydrogens is 567 g/mol. The van der Waals surface area contributed by atoms with Crippen LogP contribution in [0.4, 0.5) is 0 Å². The number of unbranched alkanes of at least 4 members (excludes halogenated alkanes) is 7. The van der Waals surface area contributed by atoms with E-state index < -0.39 is 5.97 Å². The Bertz CT molecular complexity index is 1420. The molecule has 7 nitrogen and oxygen atoms in total. The van der Waals surface area contributed by atoms with Crippen LogP contribution in [0, 0.1) is 6.92 Å². The number of carboxylic acids is 1. The van der Waals surface area contributed by atoms with Crippen molar-refractivity contribution in [3.63, 3.8) is 0 Å². The van der Waals surface area contributed by atoms with Gasteiger partial charge >= 0.3 is 5.97 Å². The first kappa shape index (κ1) is 31.5. The van der Waals surface area contributed by atoms with Crippen LogP contribution >= 0.6 is 24.0 Å². The molecule has 1 aromatic heterocycles. The Balaban J connectivity index is 1.42. The summed E-state index contributed by atoms with van der Waals surface area (Å²) in [5.74, 6) is 0.0515. The van der Waals surface area contributed by atoms with Crippen molar-refractivity contribution in [1.29, 1.82) is 0 Å². The maximum absolute atomic E-state index is 13.4. The van der Waals surface area contributed by atoms with Crippen LogP contribution in [0.25, 0.3) is 23.0 Å². The number of amides is 1. The lowest BCUT2D eigenvalue weighted by atomic mass is 10.0. The van der Waals surface area contributed by atoms with E-state index in [2.05, 4.69) is 0 Å². The molecule has 2 aromatic carbocycles. The zero-order chi connectivity index (χ0) is 29.9. The molecule has 42 heavy (non-hydrogen) atoms. The molecule has 1 saturated heterocycles. The molecule has 0 saturated carbocycles. The standard InChI is InChI=1S/C33H39N3O4S2/c1-3-40-27-18-19-28(24(2)21-27)31-25(23-36(34-31)26-15-11-10-12-16-26)22-29-32(39)35(33(41)42-29)20-14-9-7-5-4-6-8-13-17-30(37)38/h10-12,15-16,18-19,21-23H,3-9,13-14,17,20H2,1-2H3,(H,37,38)/b29-22-. The highest BCUT2D eigenvalue weighted by atomic mass is 32.2. The highest BCUT2D eigenvalue weighted by molar-refractivity contribution is 8.26. The van der Waals surface area contributed by atoms with Crippen LogP contribution in [0.2, 0.25) is 0 Å². The zero-order valence-corrected chi connectivity index (χ0v) is 26.0. The van der Waals surface area contributed by atoms with Gasteiger partial charge in [0.2, 0.25) is 0 Å². The molecule has 0 unspecified atom stereocenters. The van der Waals surface area contributed by atoms with Crippen LogP contribution in [0.1, 0.15) is 75.8 Å². The smallest absolute Gasteiger partial charge is 0.303 e. The quantitative estimate of drug-likeness (QED) is 0.100. The van der Waals surface area contributed by atoms with Gasteiger partial charge in [-0.3, -0.25) is 14.5 Å². The van der Waals surface area contributed by atoms with Crippen LogP contribution in [0.5, 0.6) is 5.75 Å². The van der Waals surface area contributed by atoms with E-state index in [1.54, 1.807) is 4.90 Å². The highest BCUT2D eigenvalue weighted by Crippen LogP contribution is 2.36. The zero-order valence-electron chi connectivity index (χ0n) is 24.4. The molecule has 9 heteroatoms. The molecule has 1 aliphatic rings. The molecule has 0 atom stereocenters. The number of aromatic nitrogens is 2. The summed E-state index contributed by atoms with van der Waals surface area (Å²) in [4.78, 5) is 26.3. The Labute approximate surface area is 257 Å². The Morgan fingerprint density at radius 3 is 2.38 bits per heavy atom. The number of benzene rings is 2. The first-order chi connectivity index (χ1) is 20.4. The normalized spacial score (nSPS) is 14.2. The predicted octanol–water partition coefficient (Wildman–Crippen LogP) is 8.04. The van der Waals surface area contributed by atoms with Crippen molar-refractivity contribution in [2.24, 2.45) is 0 Å². The topological polar surface area (TPSA) is 84.7 Å². The van der Waals surface area contributed by atoms with Crippen molar-refractivity contribution in [2.75, 3.05) is 13.2 Å². The van der Waals surface area contributed by atoms with E-state index >= 15 is 0 Å². The van der Waals surface area contributed by atoms with Gasteiger partial charge in [-0.15, -0.1) is 0 Å². The number of para-hydroxylation sites is 1. The van der Waals surface area contributed by atoms with Crippen LogP contribution in [0.3, 0.4) is 0 Å². The first-order valence-corrected chi connectivity index (χ1v) is 16.0. The second-order valence-corrected chi connectivity index (χ2v) is 12.1. The molecule has 1 amide bonds. The Morgan fingerprint density at radius 1 is 1.02 bits per heavy atom. The Morgan fingerprint density at radius 2 is 1.71 bits per heavy atom. The van der Waals surface area contributed by atoms with Gasteiger partial charge in [-0.1, -0.05) is 80.7 Å². The van der Waals surface area contributed by atoms with Crippen LogP contribution in [0.15, 0.2) is 59.6 Å². The average molecular weight is 606 g/mol. The summed E-state index contributed by atoms with van der Waals surface area (Å²) in [5.41, 5.74) is 4.62. The van der Waals surface area contributed by atoms with Crippen molar-refractivity contribution in [3.8, 4) is 22.7 Å². The molecule has 4 rings (SSSR count). The molecule has 0 spiro atoms. The minimum Gasteiger partial charge on any atom is -0.494 e. The van der Waals surface area contributed by atoms with Gasteiger partial charge in [0, 0.05) is 30.3 Å². The van der Waals surface area contributed by atoms with E-state index in [0.29, 0.717) is 22.4 Å². The predicted molar refractivity (Wildman–Crippen MR) is 174 cm³/mol. The van der Waals surface area contributed by atoms with Crippen molar-refractivity contribution in [2.45, 2.75) is 71.6 Å². The summed E-state index contributed by atoms with van der Waals surface area (Å²) in [6.45, 7) is 5.23. The molecule has 1 fully saturated rings. The van der Waals surface area contributed by atoms with Gasteiger partial charge in [0.05, 0.1) is 17.2 Å². The minimum atomic E-state index is -0.717. The summed E-state index contributed by atoms with van der Waals surface area (Å²) in [6, 6.07) is 15.9. The lowest BCUT2D eigenvalue weighted by Crippen LogP contribution is -2.29. The second kappa shape index (κ2) is 15.7. The Kier molecular flexibility index (Phi) is 11.8. The van der Waals surface area contributed by atoms with E-state index in [1.165, 1.54) is 11.8 Å². The third kappa shape index (κ3) is 8.55. The molecule has 3 aromatic rings. The molecule has 1 N–H and O–H groups in total. The molecule has 2 heterocycles. The molecule has 0 bridgehead atoms. The number of aryl methyl sites for hydroxylation is 1. The number of carbonyl (C=O) groups is 2. The van der Waals surface area contributed by atoms with Crippen molar-refractivity contribution in [1.82, 2.24) is 14.7 Å².